The number of carbonyl (C=O) groups is 1. The molecule has 2 aromatic rings. The first-order valence-corrected chi connectivity index (χ1v) is 8.34. The molecular weight excluding hydrogens is 312 g/mol. The van der Waals surface area contributed by atoms with Crippen molar-refractivity contribution in [1.29, 1.82) is 0 Å². The Morgan fingerprint density at radius 1 is 1.22 bits per heavy atom. The number of amides is 1. The second kappa shape index (κ2) is 6.91. The van der Waals surface area contributed by atoms with Crippen molar-refractivity contribution < 1.29 is 14.3 Å². The van der Waals surface area contributed by atoms with Gasteiger partial charge in [0.05, 0.1) is 14.2 Å². The first-order valence-electron chi connectivity index (χ1n) is 7.29. The normalized spacial score (nSPS) is 17.1. The second-order valence-electron chi connectivity index (χ2n) is 5.08. The van der Waals surface area contributed by atoms with Crippen molar-refractivity contribution >= 4 is 17.7 Å². The van der Waals surface area contributed by atoms with E-state index in [-0.39, 0.29) is 11.3 Å². The maximum atomic E-state index is 12.8. The van der Waals surface area contributed by atoms with Crippen molar-refractivity contribution in [3.8, 4) is 11.6 Å². The molecule has 0 spiro atoms. The van der Waals surface area contributed by atoms with Gasteiger partial charge >= 0.3 is 0 Å². The van der Waals surface area contributed by atoms with E-state index in [9.17, 15) is 4.79 Å². The first-order chi connectivity index (χ1) is 11.2. The van der Waals surface area contributed by atoms with E-state index >= 15 is 0 Å². The maximum absolute atomic E-state index is 12.8. The average Bonchev–Trinajstić information content (AvgIpc) is 3.11. The van der Waals surface area contributed by atoms with Crippen molar-refractivity contribution in [1.82, 2.24) is 9.88 Å². The summed E-state index contributed by atoms with van der Waals surface area (Å²) in [6, 6.07) is 11.3. The highest BCUT2D eigenvalue weighted by Gasteiger charge is 2.31. The Hall–Kier alpha value is -2.21. The van der Waals surface area contributed by atoms with Crippen molar-refractivity contribution in [2.24, 2.45) is 0 Å². The van der Waals surface area contributed by atoms with E-state index in [1.54, 1.807) is 44.3 Å². The fourth-order valence-electron chi connectivity index (χ4n) is 2.54. The Kier molecular flexibility index (Phi) is 4.71. The van der Waals surface area contributed by atoms with Crippen LogP contribution in [0, 0.1) is 0 Å². The van der Waals surface area contributed by atoms with E-state index in [1.807, 2.05) is 29.2 Å². The molecule has 2 heterocycles. The summed E-state index contributed by atoms with van der Waals surface area (Å²) in [5, 5.41) is 0.0209. The lowest BCUT2D eigenvalue weighted by atomic mass is 10.1. The summed E-state index contributed by atoms with van der Waals surface area (Å²) in [4.78, 5) is 18.8. The molecule has 1 aromatic heterocycles. The van der Waals surface area contributed by atoms with Crippen LogP contribution in [0.2, 0.25) is 0 Å². The second-order valence-corrected chi connectivity index (χ2v) is 6.27. The van der Waals surface area contributed by atoms with E-state index in [2.05, 4.69) is 4.98 Å². The minimum atomic E-state index is -0.00322. The SMILES string of the molecule is COc1ccc(C2SCCN2C(=O)c2ccnc(OC)c2)cc1. The summed E-state index contributed by atoms with van der Waals surface area (Å²) in [6.07, 6.45) is 1.59. The van der Waals surface area contributed by atoms with Crippen LogP contribution in [0.15, 0.2) is 42.6 Å². The van der Waals surface area contributed by atoms with Crippen molar-refractivity contribution in [3.63, 3.8) is 0 Å². The summed E-state index contributed by atoms with van der Waals surface area (Å²) < 4.78 is 10.3. The molecule has 0 N–H and O–H groups in total. The van der Waals surface area contributed by atoms with Crippen LogP contribution in [-0.2, 0) is 0 Å². The van der Waals surface area contributed by atoms with Gasteiger partial charge in [-0.15, -0.1) is 11.8 Å². The summed E-state index contributed by atoms with van der Waals surface area (Å²) in [5.41, 5.74) is 1.69. The summed E-state index contributed by atoms with van der Waals surface area (Å²) in [6.45, 7) is 0.727. The van der Waals surface area contributed by atoms with Crippen LogP contribution in [0.25, 0.3) is 0 Å². The van der Waals surface area contributed by atoms with Gasteiger partial charge in [0.1, 0.15) is 11.1 Å². The van der Waals surface area contributed by atoms with Crippen LogP contribution in [0.3, 0.4) is 0 Å². The van der Waals surface area contributed by atoms with Crippen LogP contribution in [0.4, 0.5) is 0 Å². The Morgan fingerprint density at radius 3 is 2.70 bits per heavy atom. The molecule has 1 saturated heterocycles. The Balaban J connectivity index is 1.83. The molecule has 3 rings (SSSR count). The quantitative estimate of drug-likeness (QED) is 0.862. The number of hydrogen-bond donors (Lipinski definition) is 0. The van der Waals surface area contributed by atoms with Gasteiger partial charge in [0.25, 0.3) is 5.91 Å². The van der Waals surface area contributed by atoms with Gasteiger partial charge in [-0.05, 0) is 23.8 Å². The van der Waals surface area contributed by atoms with Crippen LogP contribution in [0.5, 0.6) is 11.6 Å². The highest BCUT2D eigenvalue weighted by Crippen LogP contribution is 2.39. The van der Waals surface area contributed by atoms with Crippen LogP contribution < -0.4 is 9.47 Å². The number of carbonyl (C=O) groups excluding carboxylic acids is 1. The van der Waals surface area contributed by atoms with E-state index in [0.29, 0.717) is 11.4 Å². The monoisotopic (exact) mass is 330 g/mol. The largest absolute Gasteiger partial charge is 0.497 e. The van der Waals surface area contributed by atoms with Crippen LogP contribution in [-0.4, -0.2) is 42.3 Å². The van der Waals surface area contributed by atoms with Crippen molar-refractivity contribution in [2.45, 2.75) is 5.37 Å². The molecular formula is C17H18N2O3S. The zero-order valence-electron chi connectivity index (χ0n) is 13.1. The number of benzene rings is 1. The smallest absolute Gasteiger partial charge is 0.255 e. The minimum absolute atomic E-state index is 0.00322. The number of aromatic nitrogens is 1. The summed E-state index contributed by atoms with van der Waals surface area (Å²) in [7, 11) is 3.19. The molecule has 5 nitrogen and oxygen atoms in total. The first kappa shape index (κ1) is 15.7. The predicted molar refractivity (Wildman–Crippen MR) is 90.0 cm³/mol. The van der Waals surface area contributed by atoms with Gasteiger partial charge in [0.15, 0.2) is 0 Å². The highest BCUT2D eigenvalue weighted by atomic mass is 32.2. The van der Waals surface area contributed by atoms with Gasteiger partial charge in [-0.2, -0.15) is 0 Å². The molecule has 1 atom stereocenters. The molecule has 1 fully saturated rings. The lowest BCUT2D eigenvalue weighted by molar-refractivity contribution is 0.0759. The fraction of sp³-hybridized carbons (Fsp3) is 0.294. The maximum Gasteiger partial charge on any atom is 0.255 e. The zero-order valence-corrected chi connectivity index (χ0v) is 13.9. The molecule has 1 aliphatic rings. The molecule has 1 unspecified atom stereocenters. The third kappa shape index (κ3) is 3.27. The van der Waals surface area contributed by atoms with E-state index in [4.69, 9.17) is 9.47 Å². The Bertz CT molecular complexity index is 690. The molecule has 23 heavy (non-hydrogen) atoms. The van der Waals surface area contributed by atoms with E-state index < -0.39 is 0 Å². The van der Waals surface area contributed by atoms with E-state index in [0.717, 1.165) is 23.6 Å². The molecule has 0 saturated carbocycles. The third-order valence-electron chi connectivity index (χ3n) is 3.74. The molecule has 1 amide bonds. The fourth-order valence-corrected chi connectivity index (χ4v) is 3.80. The Labute approximate surface area is 139 Å². The minimum Gasteiger partial charge on any atom is -0.497 e. The predicted octanol–water partition coefficient (Wildman–Crippen LogP) is 2.99. The van der Waals surface area contributed by atoms with Gasteiger partial charge in [-0.3, -0.25) is 4.79 Å². The number of rotatable bonds is 4. The molecule has 1 aliphatic heterocycles. The molecule has 120 valence electrons. The summed E-state index contributed by atoms with van der Waals surface area (Å²) in [5.74, 6) is 2.18. The van der Waals surface area contributed by atoms with Crippen molar-refractivity contribution in [3.05, 3.63) is 53.7 Å². The van der Waals surface area contributed by atoms with Crippen LogP contribution in [0.1, 0.15) is 21.3 Å². The number of nitrogens with zero attached hydrogens (tertiary/aromatic N) is 2. The lowest BCUT2D eigenvalue weighted by Gasteiger charge is -2.24. The Morgan fingerprint density at radius 2 is 2.00 bits per heavy atom. The number of pyridine rings is 1. The molecule has 0 aliphatic carbocycles. The van der Waals surface area contributed by atoms with Gasteiger partial charge in [-0.1, -0.05) is 12.1 Å². The topological polar surface area (TPSA) is 51.7 Å². The lowest BCUT2D eigenvalue weighted by Crippen LogP contribution is -2.30. The number of thioether (sulfide) groups is 1. The number of hydrogen-bond acceptors (Lipinski definition) is 5. The molecule has 0 radical (unpaired) electrons. The van der Waals surface area contributed by atoms with Gasteiger partial charge in [0, 0.05) is 30.1 Å². The van der Waals surface area contributed by atoms with Gasteiger partial charge in [0.2, 0.25) is 5.88 Å². The van der Waals surface area contributed by atoms with Gasteiger partial charge in [-0.25, -0.2) is 4.98 Å². The average molecular weight is 330 g/mol. The standard InChI is InChI=1S/C17H18N2O3S/c1-21-14-5-3-12(4-6-14)17-19(9-10-23-17)16(20)13-7-8-18-15(11-13)22-2/h3-8,11,17H,9-10H2,1-2H3. The molecule has 1 aromatic carbocycles. The zero-order chi connectivity index (χ0) is 16.2. The van der Waals surface area contributed by atoms with Crippen LogP contribution >= 0.6 is 11.8 Å². The summed E-state index contributed by atoms with van der Waals surface area (Å²) >= 11 is 1.77. The molecule has 6 heteroatoms. The van der Waals surface area contributed by atoms with Gasteiger partial charge < -0.3 is 14.4 Å². The van der Waals surface area contributed by atoms with E-state index in [1.165, 1.54) is 0 Å². The number of methoxy groups -OCH3 is 2. The molecule has 0 bridgehead atoms. The van der Waals surface area contributed by atoms with Crippen molar-refractivity contribution in [2.75, 3.05) is 26.5 Å². The highest BCUT2D eigenvalue weighted by molar-refractivity contribution is 7.99. The number of ether oxygens (including phenoxy) is 2. The third-order valence-corrected chi connectivity index (χ3v) is 5.00.